The molecule has 0 saturated carbocycles. The molecule has 1 heterocycles. The summed E-state index contributed by atoms with van der Waals surface area (Å²) >= 11 is 5.81. The quantitative estimate of drug-likeness (QED) is 0.596. The topological polar surface area (TPSA) is 114 Å². The molecule has 0 radical (unpaired) electrons. The Labute approximate surface area is 166 Å². The standard InChI is InChI=1S/C14H14ClF4N3O6S/c1-7(21-29(25,26)14(17,18)19)6-28-11-4-8(9(15)5-10(11)16)12(23)20-22-2-3-27-13(22)24/h4-5,7,21H,2-3,6H2,1H3,(H,20,23)/t7-/m0/s1. The van der Waals surface area contributed by atoms with Crippen molar-refractivity contribution in [3.8, 4) is 5.75 Å². The number of hydrogen-bond acceptors (Lipinski definition) is 6. The van der Waals surface area contributed by atoms with Gasteiger partial charge in [-0.3, -0.25) is 10.2 Å². The SMILES string of the molecule is C[C@@H](COc1cc(C(=O)NN2CCOC2=O)c(Cl)cc1F)NS(=O)(=O)C(F)(F)F. The Hall–Kier alpha value is -2.32. The van der Waals surface area contributed by atoms with Crippen molar-refractivity contribution in [3.63, 3.8) is 0 Å². The van der Waals surface area contributed by atoms with Gasteiger partial charge in [0, 0.05) is 0 Å². The zero-order chi connectivity index (χ0) is 22.0. The monoisotopic (exact) mass is 463 g/mol. The molecule has 0 spiro atoms. The molecular weight excluding hydrogens is 450 g/mol. The van der Waals surface area contributed by atoms with Crippen LogP contribution in [0.1, 0.15) is 17.3 Å². The van der Waals surface area contributed by atoms with E-state index in [1.165, 1.54) is 4.72 Å². The van der Waals surface area contributed by atoms with Crippen LogP contribution in [0, 0.1) is 5.82 Å². The summed E-state index contributed by atoms with van der Waals surface area (Å²) in [5.41, 5.74) is -3.63. The van der Waals surface area contributed by atoms with E-state index in [0.29, 0.717) is 0 Å². The van der Waals surface area contributed by atoms with Crippen LogP contribution in [0.4, 0.5) is 22.4 Å². The number of hydrogen-bond donors (Lipinski definition) is 2. The molecule has 2 N–H and O–H groups in total. The third-order valence-electron chi connectivity index (χ3n) is 3.41. The second-order valence-corrected chi connectivity index (χ2v) is 7.86. The van der Waals surface area contributed by atoms with Crippen LogP contribution in [-0.4, -0.2) is 56.7 Å². The zero-order valence-corrected chi connectivity index (χ0v) is 16.1. The molecule has 1 aromatic carbocycles. The Kier molecular flexibility index (Phi) is 6.80. The molecule has 1 saturated heterocycles. The summed E-state index contributed by atoms with van der Waals surface area (Å²) in [7, 11) is -5.62. The van der Waals surface area contributed by atoms with E-state index in [1.54, 1.807) is 0 Å². The van der Waals surface area contributed by atoms with Crippen LogP contribution in [0.2, 0.25) is 5.02 Å². The number of amides is 2. The lowest BCUT2D eigenvalue weighted by atomic mass is 10.2. The predicted octanol–water partition coefficient (Wildman–Crippen LogP) is 1.78. The van der Waals surface area contributed by atoms with Crippen molar-refractivity contribution >= 4 is 33.6 Å². The Balaban J connectivity index is 2.08. The first kappa shape index (κ1) is 23.0. The minimum Gasteiger partial charge on any atom is -0.489 e. The Morgan fingerprint density at radius 1 is 1.41 bits per heavy atom. The van der Waals surface area contributed by atoms with Gasteiger partial charge in [-0.1, -0.05) is 11.6 Å². The van der Waals surface area contributed by atoms with E-state index in [1.807, 2.05) is 0 Å². The normalized spacial score (nSPS) is 15.8. The van der Waals surface area contributed by atoms with Crippen molar-refractivity contribution in [2.24, 2.45) is 0 Å². The summed E-state index contributed by atoms with van der Waals surface area (Å²) in [4.78, 5) is 23.6. The third-order valence-corrected chi connectivity index (χ3v) is 5.05. The summed E-state index contributed by atoms with van der Waals surface area (Å²) < 4.78 is 84.1. The Morgan fingerprint density at radius 3 is 2.62 bits per heavy atom. The van der Waals surface area contributed by atoms with Gasteiger partial charge in [0.1, 0.15) is 13.2 Å². The lowest BCUT2D eigenvalue weighted by Crippen LogP contribution is -2.43. The predicted molar refractivity (Wildman–Crippen MR) is 90.0 cm³/mol. The number of rotatable bonds is 7. The molecule has 0 unspecified atom stereocenters. The van der Waals surface area contributed by atoms with Gasteiger partial charge in [0.25, 0.3) is 5.91 Å². The number of cyclic esters (lactones) is 1. The fraction of sp³-hybridized carbons (Fsp3) is 0.429. The molecule has 1 aromatic rings. The van der Waals surface area contributed by atoms with E-state index in [-0.39, 0.29) is 23.7 Å². The number of hydrazine groups is 1. The molecule has 0 aromatic heterocycles. The highest BCUT2D eigenvalue weighted by molar-refractivity contribution is 7.90. The number of nitrogens with one attached hydrogen (secondary N) is 2. The maximum Gasteiger partial charge on any atom is 0.511 e. The molecule has 29 heavy (non-hydrogen) atoms. The van der Waals surface area contributed by atoms with Gasteiger partial charge in [-0.15, -0.1) is 0 Å². The van der Waals surface area contributed by atoms with Crippen molar-refractivity contribution in [1.29, 1.82) is 0 Å². The average Bonchev–Trinajstić information content (AvgIpc) is 2.97. The van der Waals surface area contributed by atoms with Crippen LogP contribution in [0.25, 0.3) is 0 Å². The van der Waals surface area contributed by atoms with Gasteiger partial charge < -0.3 is 9.47 Å². The van der Waals surface area contributed by atoms with Crippen molar-refractivity contribution < 1.29 is 45.0 Å². The zero-order valence-electron chi connectivity index (χ0n) is 14.5. The molecule has 1 fully saturated rings. The van der Waals surface area contributed by atoms with E-state index in [0.717, 1.165) is 24.1 Å². The average molecular weight is 464 g/mol. The molecule has 9 nitrogen and oxygen atoms in total. The van der Waals surface area contributed by atoms with E-state index in [2.05, 4.69) is 10.2 Å². The Bertz CT molecular complexity index is 911. The van der Waals surface area contributed by atoms with Crippen LogP contribution in [0.15, 0.2) is 12.1 Å². The van der Waals surface area contributed by atoms with E-state index >= 15 is 0 Å². The number of sulfonamides is 1. The number of carbonyl (C=O) groups excluding carboxylic acids is 2. The van der Waals surface area contributed by atoms with Gasteiger partial charge in [-0.2, -0.15) is 13.2 Å². The highest BCUT2D eigenvalue weighted by Gasteiger charge is 2.46. The molecular formula is C14H14ClF4N3O6S. The molecule has 0 bridgehead atoms. The molecule has 2 amide bonds. The number of benzene rings is 1. The molecule has 15 heteroatoms. The summed E-state index contributed by atoms with van der Waals surface area (Å²) in [6, 6.07) is 0.200. The van der Waals surface area contributed by atoms with Gasteiger partial charge in [-0.05, 0) is 19.1 Å². The number of alkyl halides is 3. The molecule has 162 valence electrons. The molecule has 2 rings (SSSR count). The van der Waals surface area contributed by atoms with E-state index in [9.17, 15) is 35.6 Å². The fourth-order valence-electron chi connectivity index (χ4n) is 2.07. The summed E-state index contributed by atoms with van der Waals surface area (Å²) in [5.74, 6) is -2.51. The lowest BCUT2D eigenvalue weighted by Gasteiger charge is -2.18. The van der Waals surface area contributed by atoms with Gasteiger partial charge in [0.15, 0.2) is 11.6 Å². The third kappa shape index (κ3) is 5.61. The van der Waals surface area contributed by atoms with Crippen LogP contribution in [-0.2, 0) is 14.8 Å². The number of halogens is 5. The van der Waals surface area contributed by atoms with Crippen molar-refractivity contribution in [3.05, 3.63) is 28.5 Å². The first-order valence-electron chi connectivity index (χ1n) is 7.77. The van der Waals surface area contributed by atoms with Crippen LogP contribution >= 0.6 is 11.6 Å². The highest BCUT2D eigenvalue weighted by atomic mass is 35.5. The highest BCUT2D eigenvalue weighted by Crippen LogP contribution is 2.27. The lowest BCUT2D eigenvalue weighted by molar-refractivity contribution is -0.0451. The van der Waals surface area contributed by atoms with Crippen molar-refractivity contribution in [2.75, 3.05) is 19.8 Å². The largest absolute Gasteiger partial charge is 0.511 e. The van der Waals surface area contributed by atoms with Crippen molar-refractivity contribution in [2.45, 2.75) is 18.5 Å². The molecule has 1 aliphatic heterocycles. The smallest absolute Gasteiger partial charge is 0.489 e. The molecule has 1 atom stereocenters. The fourth-order valence-corrected chi connectivity index (χ4v) is 3.04. The van der Waals surface area contributed by atoms with Gasteiger partial charge in [0.2, 0.25) is 0 Å². The van der Waals surface area contributed by atoms with Gasteiger partial charge in [-0.25, -0.2) is 27.3 Å². The first-order chi connectivity index (χ1) is 13.3. The van der Waals surface area contributed by atoms with Gasteiger partial charge in [0.05, 0.1) is 23.2 Å². The maximum atomic E-state index is 14.0. The number of nitrogens with zero attached hydrogens (tertiary/aromatic N) is 1. The maximum absolute atomic E-state index is 14.0. The summed E-state index contributed by atoms with van der Waals surface area (Å²) in [6.07, 6.45) is -0.807. The van der Waals surface area contributed by atoms with Crippen LogP contribution < -0.4 is 14.9 Å². The van der Waals surface area contributed by atoms with Crippen LogP contribution in [0.5, 0.6) is 5.75 Å². The minimum atomic E-state index is -5.62. The van der Waals surface area contributed by atoms with E-state index in [4.69, 9.17) is 16.3 Å². The number of carbonyl (C=O) groups is 2. The number of ether oxygens (including phenoxy) is 2. The van der Waals surface area contributed by atoms with E-state index < -0.39 is 51.7 Å². The molecule has 0 aliphatic carbocycles. The molecule has 1 aliphatic rings. The second kappa shape index (κ2) is 8.59. The van der Waals surface area contributed by atoms with Gasteiger partial charge >= 0.3 is 21.6 Å². The first-order valence-corrected chi connectivity index (χ1v) is 9.63. The second-order valence-electron chi connectivity index (χ2n) is 5.75. The summed E-state index contributed by atoms with van der Waals surface area (Å²) in [6.45, 7) is 0.497. The van der Waals surface area contributed by atoms with Crippen molar-refractivity contribution in [1.82, 2.24) is 15.2 Å². The Morgan fingerprint density at radius 2 is 2.07 bits per heavy atom. The summed E-state index contributed by atoms with van der Waals surface area (Å²) in [5, 5.41) is 0.530. The minimum absolute atomic E-state index is 0.0519. The van der Waals surface area contributed by atoms with Crippen LogP contribution in [0.3, 0.4) is 0 Å².